The van der Waals surface area contributed by atoms with Crippen LogP contribution in [0.15, 0.2) is 65.7 Å². The minimum absolute atomic E-state index is 0.0538. The van der Waals surface area contributed by atoms with Crippen LogP contribution in [0, 0.1) is 6.92 Å². The predicted octanol–water partition coefficient (Wildman–Crippen LogP) is 4.39. The van der Waals surface area contributed by atoms with Crippen LogP contribution in [0.2, 0.25) is 0 Å². The molecule has 0 aliphatic rings. The van der Waals surface area contributed by atoms with Gasteiger partial charge in [0.1, 0.15) is 5.75 Å². The molecule has 0 unspecified atom stereocenters. The molecule has 8 nitrogen and oxygen atoms in total. The molecule has 1 aromatic heterocycles. The van der Waals surface area contributed by atoms with Crippen LogP contribution in [0.1, 0.15) is 15.9 Å². The fraction of sp³-hybridized carbons (Fsp3) is 0.182. The number of halogens is 3. The molecule has 0 spiro atoms. The van der Waals surface area contributed by atoms with Crippen molar-refractivity contribution in [3.63, 3.8) is 0 Å². The maximum absolute atomic E-state index is 12.9. The number of anilines is 2. The summed E-state index contributed by atoms with van der Waals surface area (Å²) < 4.78 is 74.5. The van der Waals surface area contributed by atoms with Crippen LogP contribution < -0.4 is 19.5 Å². The summed E-state index contributed by atoms with van der Waals surface area (Å²) in [6.07, 6.45) is -3.37. The molecule has 1 amide bonds. The Kier molecular flexibility index (Phi) is 7.30. The van der Waals surface area contributed by atoms with Crippen LogP contribution in [0.5, 0.6) is 11.6 Å². The van der Waals surface area contributed by atoms with Crippen LogP contribution in [0.25, 0.3) is 0 Å². The van der Waals surface area contributed by atoms with E-state index in [-0.39, 0.29) is 22.0 Å². The average Bonchev–Trinajstić information content (AvgIpc) is 2.78. The van der Waals surface area contributed by atoms with E-state index in [0.717, 1.165) is 6.20 Å². The molecule has 34 heavy (non-hydrogen) atoms. The highest BCUT2D eigenvalue weighted by atomic mass is 32.2. The summed E-state index contributed by atoms with van der Waals surface area (Å²) in [5.74, 6) is -0.331. The van der Waals surface area contributed by atoms with Gasteiger partial charge in [-0.3, -0.25) is 9.52 Å². The molecular weight excluding hydrogens is 475 g/mol. The van der Waals surface area contributed by atoms with E-state index in [4.69, 9.17) is 4.74 Å². The van der Waals surface area contributed by atoms with Crippen molar-refractivity contribution in [1.82, 2.24) is 4.98 Å². The molecule has 0 aliphatic heterocycles. The van der Waals surface area contributed by atoms with E-state index in [2.05, 4.69) is 19.8 Å². The molecule has 0 radical (unpaired) electrons. The number of ether oxygens (including phenoxy) is 2. The van der Waals surface area contributed by atoms with Gasteiger partial charge in [0.2, 0.25) is 5.88 Å². The van der Waals surface area contributed by atoms with Crippen LogP contribution >= 0.6 is 0 Å². The van der Waals surface area contributed by atoms with Crippen LogP contribution in [0.4, 0.5) is 24.5 Å². The molecule has 2 N–H and O–H groups in total. The number of hydrogen-bond acceptors (Lipinski definition) is 6. The second kappa shape index (κ2) is 10.00. The molecule has 12 heteroatoms. The number of carbonyl (C=O) groups excluding carboxylic acids is 1. The molecular formula is C22H20F3N3O5S. The zero-order chi connectivity index (χ0) is 24.9. The average molecular weight is 495 g/mol. The van der Waals surface area contributed by atoms with Crippen molar-refractivity contribution >= 4 is 27.3 Å². The molecule has 3 aromatic rings. The Hall–Kier alpha value is -3.80. The number of pyridine rings is 1. The fourth-order valence-electron chi connectivity index (χ4n) is 2.80. The lowest BCUT2D eigenvalue weighted by atomic mass is 10.1. The number of aryl methyl sites for hydroxylation is 1. The van der Waals surface area contributed by atoms with E-state index in [0.29, 0.717) is 17.0 Å². The summed E-state index contributed by atoms with van der Waals surface area (Å²) in [4.78, 5) is 16.2. The Bertz CT molecular complexity index is 1260. The summed E-state index contributed by atoms with van der Waals surface area (Å²) in [6.45, 7) is 0.102. The van der Waals surface area contributed by atoms with Crippen molar-refractivity contribution in [2.75, 3.05) is 23.8 Å². The number of amides is 1. The Balaban J connectivity index is 1.73. The van der Waals surface area contributed by atoms with E-state index in [9.17, 15) is 26.4 Å². The molecule has 0 saturated heterocycles. The molecule has 0 atom stereocenters. The van der Waals surface area contributed by atoms with Crippen molar-refractivity contribution < 1.29 is 35.9 Å². The number of methoxy groups -OCH3 is 1. The van der Waals surface area contributed by atoms with Gasteiger partial charge in [0.25, 0.3) is 15.9 Å². The predicted molar refractivity (Wildman–Crippen MR) is 119 cm³/mol. The molecule has 0 bridgehead atoms. The molecule has 0 fully saturated rings. The van der Waals surface area contributed by atoms with Gasteiger partial charge >= 0.3 is 6.18 Å². The van der Waals surface area contributed by atoms with Crippen LogP contribution in [-0.2, 0) is 10.0 Å². The standard InChI is InChI=1S/C22H20F3N3O5S/c1-14-3-4-15(11-19(14)34(30,31)28-16-5-8-18(32-2)9-6-16)21(29)27-17-7-10-20(26-12-17)33-13-22(23,24)25/h3-12,28H,13H2,1-2H3,(H,27,29). The van der Waals surface area contributed by atoms with Crippen LogP contribution in [0.3, 0.4) is 0 Å². The highest BCUT2D eigenvalue weighted by Gasteiger charge is 2.28. The van der Waals surface area contributed by atoms with Crippen molar-refractivity contribution in [3.05, 3.63) is 71.9 Å². The van der Waals surface area contributed by atoms with Crippen molar-refractivity contribution in [1.29, 1.82) is 0 Å². The van der Waals surface area contributed by atoms with E-state index in [1.807, 2.05) is 0 Å². The zero-order valence-electron chi connectivity index (χ0n) is 18.0. The lowest BCUT2D eigenvalue weighted by molar-refractivity contribution is -0.154. The number of nitrogens with one attached hydrogen (secondary N) is 2. The molecule has 2 aromatic carbocycles. The number of nitrogens with zero attached hydrogens (tertiary/aromatic N) is 1. The third-order valence-corrected chi connectivity index (χ3v) is 5.98. The van der Waals surface area contributed by atoms with E-state index in [1.165, 1.54) is 49.6 Å². The van der Waals surface area contributed by atoms with Gasteiger partial charge in [0.15, 0.2) is 6.61 Å². The Morgan fingerprint density at radius 1 is 1.03 bits per heavy atom. The largest absolute Gasteiger partial charge is 0.497 e. The van der Waals surface area contributed by atoms with Gasteiger partial charge in [-0.05, 0) is 55.0 Å². The second-order valence-electron chi connectivity index (χ2n) is 7.06. The number of carbonyl (C=O) groups is 1. The third-order valence-electron chi connectivity index (χ3n) is 4.46. The summed E-state index contributed by atoms with van der Waals surface area (Å²) in [5, 5.41) is 2.51. The lowest BCUT2D eigenvalue weighted by Crippen LogP contribution is -2.19. The van der Waals surface area contributed by atoms with Crippen molar-refractivity contribution in [2.24, 2.45) is 0 Å². The first-order valence-electron chi connectivity index (χ1n) is 9.71. The van der Waals surface area contributed by atoms with Gasteiger partial charge < -0.3 is 14.8 Å². The lowest BCUT2D eigenvalue weighted by Gasteiger charge is -2.13. The van der Waals surface area contributed by atoms with Gasteiger partial charge in [-0.1, -0.05) is 6.07 Å². The maximum atomic E-state index is 12.9. The number of rotatable bonds is 8. The van der Waals surface area contributed by atoms with Gasteiger partial charge in [0.05, 0.1) is 23.9 Å². The number of aromatic nitrogens is 1. The Morgan fingerprint density at radius 2 is 1.71 bits per heavy atom. The Morgan fingerprint density at radius 3 is 2.29 bits per heavy atom. The molecule has 3 rings (SSSR count). The monoisotopic (exact) mass is 495 g/mol. The summed E-state index contributed by atoms with van der Waals surface area (Å²) in [7, 11) is -2.52. The maximum Gasteiger partial charge on any atom is 0.422 e. The molecule has 0 aliphatic carbocycles. The topological polar surface area (TPSA) is 107 Å². The van der Waals surface area contributed by atoms with Gasteiger partial charge in [-0.2, -0.15) is 13.2 Å². The quantitative estimate of drug-likeness (QED) is 0.480. The number of benzene rings is 2. The van der Waals surface area contributed by atoms with Gasteiger partial charge in [0, 0.05) is 17.3 Å². The summed E-state index contributed by atoms with van der Waals surface area (Å²) >= 11 is 0. The number of hydrogen-bond donors (Lipinski definition) is 2. The van der Waals surface area contributed by atoms with E-state index in [1.54, 1.807) is 19.1 Å². The highest BCUT2D eigenvalue weighted by Crippen LogP contribution is 2.23. The number of sulfonamides is 1. The fourth-order valence-corrected chi connectivity index (χ4v) is 4.13. The second-order valence-corrected chi connectivity index (χ2v) is 8.71. The number of alkyl halides is 3. The van der Waals surface area contributed by atoms with Crippen molar-refractivity contribution in [3.8, 4) is 11.6 Å². The minimum Gasteiger partial charge on any atom is -0.497 e. The van der Waals surface area contributed by atoms with E-state index < -0.39 is 28.7 Å². The summed E-state index contributed by atoms with van der Waals surface area (Å²) in [5.41, 5.74) is 0.975. The van der Waals surface area contributed by atoms with E-state index >= 15 is 0 Å². The first-order chi connectivity index (χ1) is 16.0. The van der Waals surface area contributed by atoms with Gasteiger partial charge in [-0.25, -0.2) is 13.4 Å². The first kappa shape index (κ1) is 24.8. The smallest absolute Gasteiger partial charge is 0.422 e. The van der Waals surface area contributed by atoms with Gasteiger partial charge in [-0.15, -0.1) is 0 Å². The first-order valence-corrected chi connectivity index (χ1v) is 11.2. The summed E-state index contributed by atoms with van der Waals surface area (Å²) in [6, 6.07) is 12.9. The zero-order valence-corrected chi connectivity index (χ0v) is 18.8. The minimum atomic E-state index is -4.50. The molecule has 0 saturated carbocycles. The SMILES string of the molecule is COc1ccc(NS(=O)(=O)c2cc(C(=O)Nc3ccc(OCC(F)(F)F)nc3)ccc2C)cc1. The molecule has 1 heterocycles. The van der Waals surface area contributed by atoms with Crippen LogP contribution in [-0.4, -0.2) is 39.2 Å². The normalized spacial score (nSPS) is 11.6. The Labute approximate surface area is 193 Å². The third kappa shape index (κ3) is 6.61. The highest BCUT2D eigenvalue weighted by molar-refractivity contribution is 7.92. The van der Waals surface area contributed by atoms with Crippen molar-refractivity contribution in [2.45, 2.75) is 18.0 Å². The molecule has 180 valence electrons.